The summed E-state index contributed by atoms with van der Waals surface area (Å²) in [6.07, 6.45) is 2.73. The van der Waals surface area contributed by atoms with Gasteiger partial charge in [-0.3, -0.25) is 0 Å². The van der Waals surface area contributed by atoms with Crippen molar-refractivity contribution in [2.24, 2.45) is 0 Å². The number of anilines is 2. The van der Waals surface area contributed by atoms with Crippen LogP contribution in [0, 0.1) is 0 Å². The third-order valence-electron chi connectivity index (χ3n) is 2.99. The summed E-state index contributed by atoms with van der Waals surface area (Å²) >= 11 is 0. The van der Waals surface area contributed by atoms with Crippen molar-refractivity contribution in [1.82, 2.24) is 0 Å². The van der Waals surface area contributed by atoms with E-state index in [0.29, 0.717) is 12.1 Å². The summed E-state index contributed by atoms with van der Waals surface area (Å²) in [5.74, 6) is -0.748. The van der Waals surface area contributed by atoms with E-state index in [4.69, 9.17) is 10.8 Å². The molecule has 1 unspecified atom stereocenters. The third-order valence-corrected chi connectivity index (χ3v) is 2.99. The highest BCUT2D eigenvalue weighted by Gasteiger charge is 2.28. The van der Waals surface area contributed by atoms with Crippen LogP contribution in [0.5, 0.6) is 0 Å². The molecule has 2 rings (SSSR count). The Kier molecular flexibility index (Phi) is 2.99. The van der Waals surface area contributed by atoms with Crippen LogP contribution >= 0.6 is 0 Å². The zero-order valence-electron chi connectivity index (χ0n) is 9.10. The van der Waals surface area contributed by atoms with Crippen LogP contribution in [0.15, 0.2) is 24.3 Å². The maximum Gasteiger partial charge on any atom is 0.326 e. The number of hydrogen-bond donors (Lipinski definition) is 2. The second-order valence-electron chi connectivity index (χ2n) is 4.14. The van der Waals surface area contributed by atoms with Gasteiger partial charge in [0.15, 0.2) is 0 Å². The molecule has 4 nitrogen and oxygen atoms in total. The van der Waals surface area contributed by atoms with Gasteiger partial charge in [-0.05, 0) is 37.5 Å². The average Bonchev–Trinajstić information content (AvgIpc) is 2.29. The van der Waals surface area contributed by atoms with E-state index >= 15 is 0 Å². The molecule has 86 valence electrons. The molecule has 1 fully saturated rings. The number of hydrogen-bond acceptors (Lipinski definition) is 3. The molecule has 0 saturated carbocycles. The van der Waals surface area contributed by atoms with Crippen LogP contribution in [0.2, 0.25) is 0 Å². The lowest BCUT2D eigenvalue weighted by Crippen LogP contribution is -2.44. The number of nitrogens with zero attached hydrogens (tertiary/aromatic N) is 1. The minimum absolute atomic E-state index is 0.407. The summed E-state index contributed by atoms with van der Waals surface area (Å²) in [5, 5.41) is 9.17. The van der Waals surface area contributed by atoms with Gasteiger partial charge in [0.2, 0.25) is 0 Å². The SMILES string of the molecule is Nc1cccc(N2CCCCC2C(=O)O)c1. The second-order valence-corrected chi connectivity index (χ2v) is 4.14. The highest BCUT2D eigenvalue weighted by atomic mass is 16.4. The summed E-state index contributed by atoms with van der Waals surface area (Å²) < 4.78 is 0. The van der Waals surface area contributed by atoms with Crippen LogP contribution < -0.4 is 10.6 Å². The Bertz CT molecular complexity index is 392. The van der Waals surface area contributed by atoms with Crippen molar-refractivity contribution in [3.63, 3.8) is 0 Å². The van der Waals surface area contributed by atoms with Crippen molar-refractivity contribution in [2.75, 3.05) is 17.2 Å². The van der Waals surface area contributed by atoms with Gasteiger partial charge in [-0.25, -0.2) is 4.79 Å². The van der Waals surface area contributed by atoms with Crippen molar-refractivity contribution < 1.29 is 9.90 Å². The van der Waals surface area contributed by atoms with Gasteiger partial charge in [-0.15, -0.1) is 0 Å². The van der Waals surface area contributed by atoms with Crippen LogP contribution in [0.1, 0.15) is 19.3 Å². The molecule has 1 saturated heterocycles. The second kappa shape index (κ2) is 4.43. The standard InChI is InChI=1S/C12H16N2O2/c13-9-4-3-5-10(8-9)14-7-2-1-6-11(14)12(15)16/h3-5,8,11H,1-2,6-7,13H2,(H,15,16). The minimum Gasteiger partial charge on any atom is -0.480 e. The zero-order valence-corrected chi connectivity index (χ0v) is 9.10. The van der Waals surface area contributed by atoms with Crippen molar-refractivity contribution in [1.29, 1.82) is 0 Å². The molecule has 16 heavy (non-hydrogen) atoms. The Morgan fingerprint density at radius 2 is 2.25 bits per heavy atom. The number of carboxylic acids is 1. The molecule has 3 N–H and O–H groups in total. The number of piperidine rings is 1. The average molecular weight is 220 g/mol. The molecule has 0 radical (unpaired) electrons. The first kappa shape index (κ1) is 10.8. The molecule has 0 aliphatic carbocycles. The summed E-state index contributed by atoms with van der Waals surface area (Å²) in [4.78, 5) is 13.1. The molecule has 1 aromatic rings. The topological polar surface area (TPSA) is 66.6 Å². The first-order valence-electron chi connectivity index (χ1n) is 5.53. The molecule has 4 heteroatoms. The summed E-state index contributed by atoms with van der Waals surface area (Å²) in [7, 11) is 0. The van der Waals surface area contributed by atoms with Crippen LogP contribution in [0.3, 0.4) is 0 Å². The van der Waals surface area contributed by atoms with Gasteiger partial charge in [0.25, 0.3) is 0 Å². The van der Waals surface area contributed by atoms with Gasteiger partial charge in [0.1, 0.15) is 6.04 Å². The molecule has 1 atom stereocenters. The van der Waals surface area contributed by atoms with Crippen molar-refractivity contribution in [2.45, 2.75) is 25.3 Å². The van der Waals surface area contributed by atoms with E-state index in [9.17, 15) is 4.79 Å². The minimum atomic E-state index is -0.748. The van der Waals surface area contributed by atoms with Gasteiger partial charge in [-0.2, -0.15) is 0 Å². The number of aliphatic carboxylic acids is 1. The number of nitrogen functional groups attached to an aromatic ring is 1. The lowest BCUT2D eigenvalue weighted by molar-refractivity contribution is -0.139. The Morgan fingerprint density at radius 3 is 2.94 bits per heavy atom. The first-order valence-corrected chi connectivity index (χ1v) is 5.53. The smallest absolute Gasteiger partial charge is 0.326 e. The Hall–Kier alpha value is -1.71. The summed E-state index contributed by atoms with van der Waals surface area (Å²) in [5.41, 5.74) is 7.30. The van der Waals surface area contributed by atoms with Gasteiger partial charge in [0, 0.05) is 17.9 Å². The van der Waals surface area contributed by atoms with Crippen molar-refractivity contribution >= 4 is 17.3 Å². The first-order chi connectivity index (χ1) is 7.68. The molecule has 0 spiro atoms. The maximum absolute atomic E-state index is 11.2. The normalized spacial score (nSPS) is 20.8. The van der Waals surface area contributed by atoms with E-state index in [1.54, 1.807) is 0 Å². The summed E-state index contributed by atoms with van der Waals surface area (Å²) in [6.45, 7) is 0.792. The van der Waals surface area contributed by atoms with Gasteiger partial charge in [-0.1, -0.05) is 6.07 Å². The fourth-order valence-electron chi connectivity index (χ4n) is 2.20. The fourth-order valence-corrected chi connectivity index (χ4v) is 2.20. The van der Waals surface area contributed by atoms with E-state index in [-0.39, 0.29) is 0 Å². The number of benzene rings is 1. The lowest BCUT2D eigenvalue weighted by Gasteiger charge is -2.34. The van der Waals surface area contributed by atoms with E-state index in [1.807, 2.05) is 29.2 Å². The van der Waals surface area contributed by atoms with Crippen molar-refractivity contribution in [3.05, 3.63) is 24.3 Å². The third kappa shape index (κ3) is 2.10. The van der Waals surface area contributed by atoms with E-state index in [0.717, 1.165) is 25.1 Å². The van der Waals surface area contributed by atoms with Crippen LogP contribution in [0.4, 0.5) is 11.4 Å². The zero-order chi connectivity index (χ0) is 11.5. The molecular formula is C12H16N2O2. The molecule has 0 amide bonds. The Labute approximate surface area is 94.7 Å². The highest BCUT2D eigenvalue weighted by Crippen LogP contribution is 2.26. The van der Waals surface area contributed by atoms with Crippen molar-refractivity contribution in [3.8, 4) is 0 Å². The predicted octanol–water partition coefficient (Wildman–Crippen LogP) is 1.71. The lowest BCUT2D eigenvalue weighted by atomic mass is 10.0. The Morgan fingerprint density at radius 1 is 1.44 bits per heavy atom. The van der Waals surface area contributed by atoms with Crippen LogP contribution in [-0.4, -0.2) is 23.7 Å². The van der Waals surface area contributed by atoms with Crippen LogP contribution in [0.25, 0.3) is 0 Å². The van der Waals surface area contributed by atoms with E-state index in [2.05, 4.69) is 0 Å². The number of carbonyl (C=O) groups is 1. The highest BCUT2D eigenvalue weighted by molar-refractivity contribution is 5.78. The molecule has 1 heterocycles. The molecule has 1 aliphatic rings. The van der Waals surface area contributed by atoms with E-state index < -0.39 is 12.0 Å². The molecule has 0 aromatic heterocycles. The molecule has 0 bridgehead atoms. The summed E-state index contributed by atoms with van der Waals surface area (Å²) in [6, 6.07) is 7.01. The van der Waals surface area contributed by atoms with Gasteiger partial charge >= 0.3 is 5.97 Å². The Balaban J connectivity index is 2.26. The quantitative estimate of drug-likeness (QED) is 0.745. The van der Waals surface area contributed by atoms with Gasteiger partial charge in [0.05, 0.1) is 0 Å². The molecule has 1 aromatic carbocycles. The number of carboxylic acid groups (broad SMARTS) is 1. The molecule has 1 aliphatic heterocycles. The maximum atomic E-state index is 11.2. The van der Waals surface area contributed by atoms with E-state index in [1.165, 1.54) is 0 Å². The number of nitrogens with two attached hydrogens (primary N) is 1. The number of rotatable bonds is 2. The predicted molar refractivity (Wildman–Crippen MR) is 63.5 cm³/mol. The molecular weight excluding hydrogens is 204 g/mol. The van der Waals surface area contributed by atoms with Crippen LogP contribution in [-0.2, 0) is 4.79 Å². The fraction of sp³-hybridized carbons (Fsp3) is 0.417. The van der Waals surface area contributed by atoms with Gasteiger partial charge < -0.3 is 15.7 Å². The largest absolute Gasteiger partial charge is 0.480 e. The monoisotopic (exact) mass is 220 g/mol.